The van der Waals surface area contributed by atoms with Crippen molar-refractivity contribution < 1.29 is 46.8 Å². The molecule has 4 N–H and O–H groups in total. The van der Waals surface area contributed by atoms with Crippen LogP contribution >= 0.6 is 0 Å². The number of esters is 2. The van der Waals surface area contributed by atoms with Gasteiger partial charge in [-0.3, -0.25) is 0 Å². The number of fused-ring (bicyclic) bond motifs is 2. The van der Waals surface area contributed by atoms with Crippen molar-refractivity contribution in [2.75, 3.05) is 77.5 Å². The number of carbonyl (C=O) groups excluding carboxylic acids is 2. The fraction of sp³-hybridized carbons (Fsp3) is 0.500. The highest BCUT2D eigenvalue weighted by Gasteiger charge is 2.26. The lowest BCUT2D eigenvalue weighted by Crippen LogP contribution is -2.13. The molecule has 0 bridgehead atoms. The molecule has 0 spiro atoms. The zero-order chi connectivity index (χ0) is 25.9. The van der Waals surface area contributed by atoms with E-state index in [9.17, 15) is 9.59 Å². The summed E-state index contributed by atoms with van der Waals surface area (Å²) in [5.41, 5.74) is 12.5. The molecule has 0 fully saturated rings. The van der Waals surface area contributed by atoms with Gasteiger partial charge in [0.15, 0.2) is 0 Å². The van der Waals surface area contributed by atoms with Gasteiger partial charge in [0.2, 0.25) is 11.8 Å². The van der Waals surface area contributed by atoms with Gasteiger partial charge < -0.3 is 48.7 Å². The van der Waals surface area contributed by atoms with Crippen LogP contribution in [0.5, 0.6) is 0 Å². The summed E-state index contributed by atoms with van der Waals surface area (Å²) in [5, 5.41) is 0.720. The molecule has 0 amide bonds. The van der Waals surface area contributed by atoms with Gasteiger partial charge in [0.05, 0.1) is 39.6 Å². The topological polar surface area (TPSA) is 168 Å². The van der Waals surface area contributed by atoms with Gasteiger partial charge in [-0.05, 0) is 26.0 Å². The van der Waals surface area contributed by atoms with Gasteiger partial charge in [0.1, 0.15) is 35.5 Å². The van der Waals surface area contributed by atoms with Crippen LogP contribution in [0.3, 0.4) is 0 Å². The van der Waals surface area contributed by atoms with E-state index in [-0.39, 0.29) is 60.5 Å². The summed E-state index contributed by atoms with van der Waals surface area (Å²) in [6.45, 7) is 7.16. The normalized spacial score (nSPS) is 11.4. The summed E-state index contributed by atoms with van der Waals surface area (Å²) in [6.07, 6.45) is 0. The quantitative estimate of drug-likeness (QED) is 0.215. The van der Waals surface area contributed by atoms with Crippen LogP contribution in [-0.4, -0.2) is 78.0 Å². The summed E-state index contributed by atoms with van der Waals surface area (Å²) < 4.78 is 42.6. The lowest BCUT2D eigenvalue weighted by molar-refractivity contribution is 0.0161. The Morgan fingerprint density at radius 2 is 1.00 bits per heavy atom. The Labute approximate surface area is 207 Å². The second kappa shape index (κ2) is 13.7. The third-order valence-corrected chi connectivity index (χ3v) is 5.04. The van der Waals surface area contributed by atoms with Gasteiger partial charge >= 0.3 is 11.9 Å². The number of hydrogen-bond donors (Lipinski definition) is 2. The number of rotatable bonds is 16. The van der Waals surface area contributed by atoms with Crippen LogP contribution in [0.4, 0.5) is 11.8 Å². The maximum absolute atomic E-state index is 12.6. The van der Waals surface area contributed by atoms with E-state index in [0.29, 0.717) is 50.4 Å². The van der Waals surface area contributed by atoms with Crippen LogP contribution in [0, 0.1) is 0 Å². The molecule has 3 rings (SSSR count). The van der Waals surface area contributed by atoms with Crippen LogP contribution < -0.4 is 11.5 Å². The van der Waals surface area contributed by atoms with Gasteiger partial charge in [0.25, 0.3) is 0 Å². The van der Waals surface area contributed by atoms with E-state index in [1.165, 1.54) is 12.1 Å². The lowest BCUT2D eigenvalue weighted by atomic mass is 10.1. The average molecular weight is 509 g/mol. The summed E-state index contributed by atoms with van der Waals surface area (Å²) in [5.74, 6) is -1.60. The zero-order valence-corrected chi connectivity index (χ0v) is 20.5. The monoisotopic (exact) mass is 508 g/mol. The van der Waals surface area contributed by atoms with Crippen molar-refractivity contribution in [2.24, 2.45) is 0 Å². The fourth-order valence-electron chi connectivity index (χ4n) is 3.40. The van der Waals surface area contributed by atoms with E-state index < -0.39 is 11.9 Å². The van der Waals surface area contributed by atoms with Gasteiger partial charge in [-0.15, -0.1) is 0 Å². The predicted molar refractivity (Wildman–Crippen MR) is 130 cm³/mol. The molecule has 36 heavy (non-hydrogen) atoms. The third kappa shape index (κ3) is 6.88. The average Bonchev–Trinajstić information content (AvgIpc) is 3.34. The SMILES string of the molecule is CCOCCOCCOC(=O)c1c(N)oc2cc3c(C(=O)OCCOCCOCC)c(N)oc3cc12. The molecule has 0 saturated heterocycles. The predicted octanol–water partition coefficient (Wildman–Crippen LogP) is 2.76. The molecule has 0 radical (unpaired) electrons. The Kier molecular flexibility index (Phi) is 10.4. The van der Waals surface area contributed by atoms with Crippen molar-refractivity contribution in [2.45, 2.75) is 13.8 Å². The van der Waals surface area contributed by atoms with Crippen LogP contribution in [0.2, 0.25) is 0 Å². The first kappa shape index (κ1) is 27.3. The largest absolute Gasteiger partial charge is 0.459 e. The van der Waals surface area contributed by atoms with Crippen molar-refractivity contribution in [1.29, 1.82) is 0 Å². The number of nitrogens with two attached hydrogens (primary N) is 2. The van der Waals surface area contributed by atoms with Crippen LogP contribution in [0.15, 0.2) is 21.0 Å². The molecule has 0 aliphatic rings. The second-order valence-electron chi connectivity index (χ2n) is 7.42. The first-order valence-electron chi connectivity index (χ1n) is 11.7. The molecule has 0 aliphatic carbocycles. The Morgan fingerprint density at radius 3 is 1.39 bits per heavy atom. The standard InChI is InChI=1S/C24H32N2O10/c1-3-29-5-7-31-9-11-33-23(27)19-15-13-18-16(14-17(15)35-21(19)25)20(22(26)36-18)24(28)34-12-10-32-8-6-30-4-2/h13-14H,3-12,25-26H2,1-2H3. The van der Waals surface area contributed by atoms with Gasteiger partial charge in [0, 0.05) is 24.0 Å². The Hall–Kier alpha value is -3.32. The van der Waals surface area contributed by atoms with Gasteiger partial charge in [-0.25, -0.2) is 9.59 Å². The molecule has 0 aliphatic heterocycles. The molecule has 0 unspecified atom stereocenters. The van der Waals surface area contributed by atoms with E-state index in [1.54, 1.807) is 0 Å². The molecule has 12 heteroatoms. The molecular weight excluding hydrogens is 476 g/mol. The highest BCUT2D eigenvalue weighted by atomic mass is 16.6. The Bertz CT molecular complexity index is 1060. The number of carbonyl (C=O) groups is 2. The number of furan rings is 2. The molecule has 12 nitrogen and oxygen atoms in total. The Morgan fingerprint density at radius 1 is 0.639 bits per heavy atom. The molecule has 0 atom stereocenters. The highest BCUT2D eigenvalue weighted by Crippen LogP contribution is 2.36. The highest BCUT2D eigenvalue weighted by molar-refractivity contribution is 6.14. The van der Waals surface area contributed by atoms with Crippen molar-refractivity contribution in [3.8, 4) is 0 Å². The summed E-state index contributed by atoms with van der Waals surface area (Å²) >= 11 is 0. The van der Waals surface area contributed by atoms with E-state index in [1.807, 2.05) is 13.8 Å². The first-order valence-corrected chi connectivity index (χ1v) is 11.7. The molecule has 3 aromatic rings. The molecular formula is C24H32N2O10. The second-order valence-corrected chi connectivity index (χ2v) is 7.42. The van der Waals surface area contributed by atoms with Crippen molar-refractivity contribution in [3.63, 3.8) is 0 Å². The smallest absolute Gasteiger partial charge is 0.344 e. The van der Waals surface area contributed by atoms with Crippen LogP contribution in [0.25, 0.3) is 21.9 Å². The molecule has 2 heterocycles. The number of ether oxygens (including phenoxy) is 6. The molecule has 1 aromatic carbocycles. The molecule has 0 saturated carbocycles. The first-order chi connectivity index (χ1) is 17.5. The van der Waals surface area contributed by atoms with E-state index in [4.69, 9.17) is 48.7 Å². The van der Waals surface area contributed by atoms with Crippen LogP contribution in [0.1, 0.15) is 34.6 Å². The van der Waals surface area contributed by atoms with Gasteiger partial charge in [-0.1, -0.05) is 0 Å². The van der Waals surface area contributed by atoms with Crippen molar-refractivity contribution in [1.82, 2.24) is 0 Å². The minimum Gasteiger partial charge on any atom is -0.459 e. The maximum Gasteiger partial charge on any atom is 0.344 e. The minimum absolute atomic E-state index is 0.0261. The zero-order valence-electron chi connectivity index (χ0n) is 20.5. The molecule has 2 aromatic heterocycles. The minimum atomic E-state index is -0.678. The fourth-order valence-corrected chi connectivity index (χ4v) is 3.40. The van der Waals surface area contributed by atoms with Crippen molar-refractivity contribution in [3.05, 3.63) is 23.3 Å². The number of nitrogen functional groups attached to an aromatic ring is 2. The lowest BCUT2D eigenvalue weighted by Gasteiger charge is -2.06. The summed E-state index contributed by atoms with van der Waals surface area (Å²) in [7, 11) is 0. The molecule has 198 valence electrons. The van der Waals surface area contributed by atoms with Crippen molar-refractivity contribution >= 4 is 45.6 Å². The third-order valence-electron chi connectivity index (χ3n) is 5.04. The summed E-state index contributed by atoms with van der Waals surface area (Å²) in [4.78, 5) is 25.3. The maximum atomic E-state index is 12.6. The van der Waals surface area contributed by atoms with E-state index in [0.717, 1.165) is 0 Å². The van der Waals surface area contributed by atoms with E-state index in [2.05, 4.69) is 0 Å². The van der Waals surface area contributed by atoms with Crippen LogP contribution in [-0.2, 0) is 28.4 Å². The number of anilines is 2. The van der Waals surface area contributed by atoms with E-state index >= 15 is 0 Å². The van der Waals surface area contributed by atoms with Gasteiger partial charge in [-0.2, -0.15) is 0 Å². The summed E-state index contributed by atoms with van der Waals surface area (Å²) in [6, 6.07) is 3.04. The number of benzene rings is 1. The Balaban J connectivity index is 1.66. The number of hydrogen-bond acceptors (Lipinski definition) is 12.